The third kappa shape index (κ3) is 5.80. The van der Waals surface area contributed by atoms with Crippen LogP contribution in [0.3, 0.4) is 0 Å². The molecule has 0 heterocycles. The molecule has 0 radical (unpaired) electrons. The van der Waals surface area contributed by atoms with Crippen LogP contribution < -0.4 is 14.9 Å². The topological polar surface area (TPSA) is 98.8 Å². The molecular formula is C21H28N4O4S. The summed E-state index contributed by atoms with van der Waals surface area (Å²) in [5, 5.41) is 5.53. The van der Waals surface area contributed by atoms with Crippen molar-refractivity contribution >= 4 is 33.4 Å². The molecule has 0 aliphatic heterocycles. The van der Waals surface area contributed by atoms with Gasteiger partial charge >= 0.3 is 10.2 Å². The molecule has 0 aromatic heterocycles. The van der Waals surface area contributed by atoms with Gasteiger partial charge in [-0.3, -0.25) is 9.59 Å². The smallest absolute Gasteiger partial charge is 0.304 e. The standard InChI is InChI=1S/C21H28N4O4S/c1-5-16(2)22-21(27)18-13-9-10-14-19(18)23-20(26)15-25(30(28,29)24(3)4)17-11-7-6-8-12-17/h6-14,16H,5,15H2,1-4H3,(H,22,27)(H,23,26)/t16-/m0/s1. The number of para-hydroxylation sites is 2. The van der Waals surface area contributed by atoms with Crippen LogP contribution in [0.4, 0.5) is 11.4 Å². The van der Waals surface area contributed by atoms with Crippen LogP contribution in [0, 0.1) is 0 Å². The summed E-state index contributed by atoms with van der Waals surface area (Å²) in [6.45, 7) is 3.41. The van der Waals surface area contributed by atoms with E-state index in [-0.39, 0.29) is 11.9 Å². The van der Waals surface area contributed by atoms with Crippen LogP contribution in [-0.2, 0) is 15.0 Å². The van der Waals surface area contributed by atoms with Crippen LogP contribution in [0.2, 0.25) is 0 Å². The molecular weight excluding hydrogens is 404 g/mol. The quantitative estimate of drug-likeness (QED) is 0.636. The molecule has 2 amide bonds. The van der Waals surface area contributed by atoms with Crippen LogP contribution in [0.15, 0.2) is 54.6 Å². The van der Waals surface area contributed by atoms with Gasteiger partial charge in [-0.1, -0.05) is 37.3 Å². The average molecular weight is 433 g/mol. The molecule has 0 aliphatic carbocycles. The minimum Gasteiger partial charge on any atom is -0.350 e. The highest BCUT2D eigenvalue weighted by Gasteiger charge is 2.27. The van der Waals surface area contributed by atoms with E-state index in [2.05, 4.69) is 10.6 Å². The first-order valence-electron chi connectivity index (χ1n) is 9.61. The maximum absolute atomic E-state index is 12.8. The Bertz CT molecular complexity index is 978. The van der Waals surface area contributed by atoms with Crippen molar-refractivity contribution in [1.29, 1.82) is 0 Å². The van der Waals surface area contributed by atoms with Gasteiger partial charge in [0, 0.05) is 20.1 Å². The highest BCUT2D eigenvalue weighted by molar-refractivity contribution is 7.90. The molecule has 30 heavy (non-hydrogen) atoms. The first-order valence-corrected chi connectivity index (χ1v) is 11.0. The summed E-state index contributed by atoms with van der Waals surface area (Å²) in [4.78, 5) is 25.3. The summed E-state index contributed by atoms with van der Waals surface area (Å²) in [7, 11) is -1.10. The van der Waals surface area contributed by atoms with Crippen LogP contribution in [0.1, 0.15) is 30.6 Å². The number of amides is 2. The normalized spacial score (nSPS) is 12.3. The maximum atomic E-state index is 12.8. The zero-order valence-corrected chi connectivity index (χ0v) is 18.4. The molecule has 0 fully saturated rings. The molecule has 0 saturated heterocycles. The van der Waals surface area contributed by atoms with Crippen LogP contribution in [0.25, 0.3) is 0 Å². The average Bonchev–Trinajstić information content (AvgIpc) is 2.72. The maximum Gasteiger partial charge on any atom is 0.304 e. The lowest BCUT2D eigenvalue weighted by molar-refractivity contribution is -0.114. The van der Waals surface area contributed by atoms with E-state index in [1.807, 2.05) is 13.8 Å². The minimum atomic E-state index is -3.90. The van der Waals surface area contributed by atoms with E-state index in [0.717, 1.165) is 15.0 Å². The van der Waals surface area contributed by atoms with Crippen molar-refractivity contribution < 1.29 is 18.0 Å². The molecule has 0 aliphatic rings. The van der Waals surface area contributed by atoms with Gasteiger partial charge in [0.25, 0.3) is 5.91 Å². The molecule has 2 aromatic rings. The van der Waals surface area contributed by atoms with Crippen molar-refractivity contribution in [1.82, 2.24) is 9.62 Å². The molecule has 0 saturated carbocycles. The molecule has 9 heteroatoms. The molecule has 0 unspecified atom stereocenters. The summed E-state index contributed by atoms with van der Waals surface area (Å²) in [5.74, 6) is -0.867. The highest BCUT2D eigenvalue weighted by atomic mass is 32.2. The van der Waals surface area contributed by atoms with Crippen molar-refractivity contribution in [2.24, 2.45) is 0 Å². The summed E-state index contributed by atoms with van der Waals surface area (Å²) in [6.07, 6.45) is 0.773. The van der Waals surface area contributed by atoms with Gasteiger partial charge in [0.15, 0.2) is 0 Å². The SMILES string of the molecule is CC[C@H](C)NC(=O)c1ccccc1NC(=O)CN(c1ccccc1)S(=O)(=O)N(C)C. The lowest BCUT2D eigenvalue weighted by Gasteiger charge is -2.27. The number of rotatable bonds is 9. The van der Waals surface area contributed by atoms with Crippen molar-refractivity contribution in [2.75, 3.05) is 30.3 Å². The molecule has 2 aromatic carbocycles. The highest BCUT2D eigenvalue weighted by Crippen LogP contribution is 2.20. The van der Waals surface area contributed by atoms with Crippen molar-refractivity contribution in [3.05, 3.63) is 60.2 Å². The van der Waals surface area contributed by atoms with Crippen LogP contribution >= 0.6 is 0 Å². The van der Waals surface area contributed by atoms with Crippen LogP contribution in [0.5, 0.6) is 0 Å². The molecule has 2 rings (SSSR count). The number of hydrogen-bond donors (Lipinski definition) is 2. The van der Waals surface area contributed by atoms with E-state index >= 15 is 0 Å². The van der Waals surface area contributed by atoms with E-state index in [9.17, 15) is 18.0 Å². The first kappa shape index (κ1) is 23.4. The number of nitrogens with zero attached hydrogens (tertiary/aromatic N) is 2. The van der Waals surface area contributed by atoms with Crippen molar-refractivity contribution in [2.45, 2.75) is 26.3 Å². The van der Waals surface area contributed by atoms with Gasteiger partial charge in [0.05, 0.1) is 16.9 Å². The summed E-state index contributed by atoms with van der Waals surface area (Å²) in [5.41, 5.74) is 0.996. The second kappa shape index (κ2) is 10.2. The van der Waals surface area contributed by atoms with E-state index < -0.39 is 22.7 Å². The number of nitrogens with one attached hydrogen (secondary N) is 2. The third-order valence-electron chi connectivity index (χ3n) is 4.51. The Labute approximate surface area is 178 Å². The number of carbonyl (C=O) groups is 2. The molecule has 0 spiro atoms. The van der Waals surface area contributed by atoms with Gasteiger partial charge in [-0.15, -0.1) is 0 Å². The first-order chi connectivity index (χ1) is 14.2. The monoisotopic (exact) mass is 432 g/mol. The molecule has 1 atom stereocenters. The lowest BCUT2D eigenvalue weighted by atomic mass is 10.1. The predicted molar refractivity (Wildman–Crippen MR) is 119 cm³/mol. The van der Waals surface area contributed by atoms with Gasteiger partial charge in [-0.05, 0) is 37.6 Å². The van der Waals surface area contributed by atoms with Gasteiger partial charge in [0.1, 0.15) is 6.54 Å². The summed E-state index contributed by atoms with van der Waals surface area (Å²) in [6, 6.07) is 15.0. The second-order valence-electron chi connectivity index (χ2n) is 7.01. The number of anilines is 2. The second-order valence-corrected chi connectivity index (χ2v) is 9.08. The lowest BCUT2D eigenvalue weighted by Crippen LogP contribution is -2.44. The zero-order chi connectivity index (χ0) is 22.3. The van der Waals surface area contributed by atoms with Gasteiger partial charge < -0.3 is 10.6 Å². The van der Waals surface area contributed by atoms with Gasteiger partial charge in [-0.2, -0.15) is 12.7 Å². The third-order valence-corrected chi connectivity index (χ3v) is 6.33. The fourth-order valence-corrected chi connectivity index (χ4v) is 3.67. The van der Waals surface area contributed by atoms with Gasteiger partial charge in [0.2, 0.25) is 5.91 Å². The Kier molecular flexibility index (Phi) is 7.96. The summed E-state index contributed by atoms with van der Waals surface area (Å²) >= 11 is 0. The molecule has 162 valence electrons. The van der Waals surface area contributed by atoms with Crippen molar-refractivity contribution in [3.63, 3.8) is 0 Å². The molecule has 8 nitrogen and oxygen atoms in total. The number of benzene rings is 2. The largest absolute Gasteiger partial charge is 0.350 e. The van der Waals surface area contributed by atoms with E-state index in [0.29, 0.717) is 16.9 Å². The fraction of sp³-hybridized carbons (Fsp3) is 0.333. The number of carbonyl (C=O) groups excluding carboxylic acids is 2. The zero-order valence-electron chi connectivity index (χ0n) is 17.6. The van der Waals surface area contributed by atoms with E-state index in [4.69, 9.17) is 0 Å². The number of hydrogen-bond acceptors (Lipinski definition) is 4. The minimum absolute atomic E-state index is 0.0138. The predicted octanol–water partition coefficient (Wildman–Crippen LogP) is 2.47. The van der Waals surface area contributed by atoms with Crippen molar-refractivity contribution in [3.8, 4) is 0 Å². The Morgan fingerprint density at radius 3 is 2.20 bits per heavy atom. The fourth-order valence-electron chi connectivity index (χ4n) is 2.61. The van der Waals surface area contributed by atoms with Gasteiger partial charge in [-0.25, -0.2) is 4.31 Å². The Balaban J connectivity index is 2.26. The summed E-state index contributed by atoms with van der Waals surface area (Å²) < 4.78 is 27.6. The Morgan fingerprint density at radius 1 is 1.00 bits per heavy atom. The van der Waals surface area contributed by atoms with E-state index in [1.165, 1.54) is 14.1 Å². The molecule has 2 N–H and O–H groups in total. The van der Waals surface area contributed by atoms with E-state index in [1.54, 1.807) is 54.6 Å². The van der Waals surface area contributed by atoms with Crippen LogP contribution in [-0.4, -0.2) is 51.2 Å². The molecule has 0 bridgehead atoms. The Hall–Kier alpha value is -2.91. The Morgan fingerprint density at radius 2 is 1.60 bits per heavy atom.